The van der Waals surface area contributed by atoms with Gasteiger partial charge in [0.05, 0.1) is 13.2 Å². The largest absolute Gasteiger partial charge is 0.441 e. The Balaban J connectivity index is 1.58. The molecule has 3 aromatic rings. The highest BCUT2D eigenvalue weighted by Crippen LogP contribution is 2.25. The zero-order valence-electron chi connectivity index (χ0n) is 11.6. The van der Waals surface area contributed by atoms with E-state index in [1.54, 1.807) is 0 Å². The Labute approximate surface area is 122 Å². The van der Waals surface area contributed by atoms with E-state index in [-0.39, 0.29) is 6.04 Å². The third-order valence-corrected chi connectivity index (χ3v) is 3.91. The minimum Gasteiger partial charge on any atom is -0.441 e. The van der Waals surface area contributed by atoms with Crippen LogP contribution in [0.3, 0.4) is 0 Å². The summed E-state index contributed by atoms with van der Waals surface area (Å²) in [6, 6.07) is 13.9. The Morgan fingerprint density at radius 1 is 1.10 bits per heavy atom. The lowest BCUT2D eigenvalue weighted by molar-refractivity contribution is 0.134. The monoisotopic (exact) mass is 280 g/mol. The maximum atomic E-state index is 6.30. The molecule has 106 valence electrons. The van der Waals surface area contributed by atoms with Crippen molar-refractivity contribution in [1.29, 1.82) is 0 Å². The van der Waals surface area contributed by atoms with Crippen LogP contribution in [0.15, 0.2) is 46.9 Å². The summed E-state index contributed by atoms with van der Waals surface area (Å²) in [6.07, 6.45) is 0.592. The van der Waals surface area contributed by atoms with Gasteiger partial charge >= 0.3 is 0 Å². The molecular weight excluding hydrogens is 264 g/mol. The van der Waals surface area contributed by atoms with Crippen LogP contribution >= 0.6 is 0 Å². The molecule has 0 fully saturated rings. The fraction of sp³-hybridized carbons (Fsp3) is 0.235. The van der Waals surface area contributed by atoms with Crippen LogP contribution in [-0.4, -0.2) is 4.98 Å². The lowest BCUT2D eigenvalue weighted by atomic mass is 10.00. The van der Waals surface area contributed by atoms with E-state index in [0.29, 0.717) is 25.5 Å². The van der Waals surface area contributed by atoms with Crippen LogP contribution in [0.1, 0.15) is 28.6 Å². The summed E-state index contributed by atoms with van der Waals surface area (Å²) < 4.78 is 11.2. The number of rotatable bonds is 3. The molecule has 1 atom stereocenters. The summed E-state index contributed by atoms with van der Waals surface area (Å²) in [6.45, 7) is 1.38. The quantitative estimate of drug-likeness (QED) is 0.800. The first-order chi connectivity index (χ1) is 10.3. The van der Waals surface area contributed by atoms with Crippen molar-refractivity contribution in [1.82, 2.24) is 4.98 Å². The molecule has 4 rings (SSSR count). The van der Waals surface area contributed by atoms with Gasteiger partial charge in [0.25, 0.3) is 0 Å². The predicted molar refractivity (Wildman–Crippen MR) is 79.6 cm³/mol. The molecule has 0 bridgehead atoms. The zero-order chi connectivity index (χ0) is 14.2. The van der Waals surface area contributed by atoms with Crippen LogP contribution < -0.4 is 5.73 Å². The minimum atomic E-state index is -0.121. The van der Waals surface area contributed by atoms with Crippen molar-refractivity contribution in [2.24, 2.45) is 5.73 Å². The van der Waals surface area contributed by atoms with Crippen molar-refractivity contribution in [2.45, 2.75) is 25.7 Å². The van der Waals surface area contributed by atoms with Gasteiger partial charge in [-0.05, 0) is 28.8 Å². The summed E-state index contributed by atoms with van der Waals surface area (Å²) in [5.41, 5.74) is 11.6. The first kappa shape index (κ1) is 12.6. The van der Waals surface area contributed by atoms with Gasteiger partial charge < -0.3 is 14.9 Å². The number of fused-ring (bicyclic) bond motifs is 2. The molecule has 4 heteroatoms. The third-order valence-electron chi connectivity index (χ3n) is 3.91. The van der Waals surface area contributed by atoms with Crippen LogP contribution in [-0.2, 0) is 24.4 Å². The molecule has 1 aliphatic heterocycles. The average molecular weight is 280 g/mol. The number of aromatic nitrogens is 1. The van der Waals surface area contributed by atoms with Crippen LogP contribution in [0, 0.1) is 0 Å². The van der Waals surface area contributed by atoms with Crippen molar-refractivity contribution in [3.05, 3.63) is 65.0 Å². The second-order valence-corrected chi connectivity index (χ2v) is 5.41. The molecule has 1 aliphatic rings. The third kappa shape index (κ3) is 2.33. The topological polar surface area (TPSA) is 61.3 Å². The van der Waals surface area contributed by atoms with Gasteiger partial charge in [0.15, 0.2) is 11.5 Å². The Morgan fingerprint density at radius 2 is 1.95 bits per heavy atom. The maximum Gasteiger partial charge on any atom is 0.197 e. The van der Waals surface area contributed by atoms with Gasteiger partial charge in [-0.1, -0.05) is 30.3 Å². The van der Waals surface area contributed by atoms with Crippen LogP contribution in [0.5, 0.6) is 0 Å². The van der Waals surface area contributed by atoms with Gasteiger partial charge in [-0.15, -0.1) is 0 Å². The summed E-state index contributed by atoms with van der Waals surface area (Å²) in [4.78, 5) is 4.48. The Kier molecular flexibility index (Phi) is 2.98. The van der Waals surface area contributed by atoms with Gasteiger partial charge in [0, 0.05) is 12.5 Å². The predicted octanol–water partition coefficient (Wildman–Crippen LogP) is 3.10. The van der Waals surface area contributed by atoms with E-state index in [2.05, 4.69) is 23.2 Å². The van der Waals surface area contributed by atoms with Gasteiger partial charge in [-0.25, -0.2) is 4.98 Å². The highest BCUT2D eigenvalue weighted by atomic mass is 16.5. The number of hydrogen-bond donors (Lipinski definition) is 1. The standard InChI is InChI=1S/C17H16N2O2/c18-14(11-5-6-12-9-20-10-13(12)7-11)8-17-19-15-3-1-2-4-16(15)21-17/h1-7,14H,8-10,18H2. The highest BCUT2D eigenvalue weighted by Gasteiger charge is 2.16. The maximum absolute atomic E-state index is 6.30. The minimum absolute atomic E-state index is 0.121. The Bertz CT molecular complexity index is 761. The van der Waals surface area contributed by atoms with Gasteiger partial charge in [0.1, 0.15) is 5.52 Å². The van der Waals surface area contributed by atoms with E-state index in [4.69, 9.17) is 14.9 Å². The first-order valence-electron chi connectivity index (χ1n) is 7.09. The second-order valence-electron chi connectivity index (χ2n) is 5.41. The Morgan fingerprint density at radius 3 is 2.86 bits per heavy atom. The summed E-state index contributed by atoms with van der Waals surface area (Å²) in [5, 5.41) is 0. The number of ether oxygens (including phenoxy) is 1. The summed E-state index contributed by atoms with van der Waals surface area (Å²) in [7, 11) is 0. The summed E-state index contributed by atoms with van der Waals surface area (Å²) in [5.74, 6) is 0.681. The van der Waals surface area contributed by atoms with Crippen LogP contribution in [0.4, 0.5) is 0 Å². The number of nitrogens with zero attached hydrogens (tertiary/aromatic N) is 1. The smallest absolute Gasteiger partial charge is 0.197 e. The molecule has 0 saturated carbocycles. The van der Waals surface area contributed by atoms with E-state index in [9.17, 15) is 0 Å². The highest BCUT2D eigenvalue weighted by molar-refractivity contribution is 5.72. The van der Waals surface area contributed by atoms with E-state index in [0.717, 1.165) is 16.7 Å². The van der Waals surface area contributed by atoms with Gasteiger partial charge in [-0.3, -0.25) is 0 Å². The van der Waals surface area contributed by atoms with E-state index < -0.39 is 0 Å². The molecule has 2 aromatic carbocycles. The second kappa shape index (κ2) is 4.98. The first-order valence-corrected chi connectivity index (χ1v) is 7.09. The molecule has 21 heavy (non-hydrogen) atoms. The fourth-order valence-electron chi connectivity index (χ4n) is 2.74. The molecule has 1 aromatic heterocycles. The molecule has 0 spiro atoms. The average Bonchev–Trinajstić information content (AvgIpc) is 3.11. The number of para-hydroxylation sites is 2. The molecule has 1 unspecified atom stereocenters. The van der Waals surface area contributed by atoms with E-state index in [1.807, 2.05) is 24.3 Å². The number of hydrogen-bond acceptors (Lipinski definition) is 4. The van der Waals surface area contributed by atoms with Crippen molar-refractivity contribution in [2.75, 3.05) is 0 Å². The molecule has 0 amide bonds. The molecule has 0 saturated heterocycles. The summed E-state index contributed by atoms with van der Waals surface area (Å²) >= 11 is 0. The van der Waals surface area contributed by atoms with Crippen molar-refractivity contribution in [3.8, 4) is 0 Å². The van der Waals surface area contributed by atoms with Crippen LogP contribution in [0.2, 0.25) is 0 Å². The molecule has 0 aliphatic carbocycles. The lowest BCUT2D eigenvalue weighted by Crippen LogP contribution is -2.13. The number of benzene rings is 2. The van der Waals surface area contributed by atoms with Gasteiger partial charge in [0.2, 0.25) is 0 Å². The fourth-order valence-corrected chi connectivity index (χ4v) is 2.74. The molecular formula is C17H16N2O2. The SMILES string of the molecule is NC(Cc1nc2ccccc2o1)c1ccc2c(c1)COC2. The molecule has 2 heterocycles. The number of oxazole rings is 1. The van der Waals surface area contributed by atoms with Crippen molar-refractivity contribution >= 4 is 11.1 Å². The van der Waals surface area contributed by atoms with E-state index in [1.165, 1.54) is 11.1 Å². The van der Waals surface area contributed by atoms with Crippen molar-refractivity contribution < 1.29 is 9.15 Å². The van der Waals surface area contributed by atoms with Crippen LogP contribution in [0.25, 0.3) is 11.1 Å². The molecule has 4 nitrogen and oxygen atoms in total. The number of nitrogens with two attached hydrogens (primary N) is 1. The van der Waals surface area contributed by atoms with Crippen molar-refractivity contribution in [3.63, 3.8) is 0 Å². The van der Waals surface area contributed by atoms with E-state index >= 15 is 0 Å². The lowest BCUT2D eigenvalue weighted by Gasteiger charge is -2.11. The Hall–Kier alpha value is -2.17. The van der Waals surface area contributed by atoms with Gasteiger partial charge in [-0.2, -0.15) is 0 Å². The molecule has 0 radical (unpaired) electrons. The molecule has 2 N–H and O–H groups in total. The normalized spacial score (nSPS) is 15.3. The zero-order valence-corrected chi connectivity index (χ0v) is 11.6.